The zero-order valence-electron chi connectivity index (χ0n) is 16.7. The number of benzene rings is 1. The molecular formula is C21H26N6O. The zero-order valence-corrected chi connectivity index (χ0v) is 16.7. The van der Waals surface area contributed by atoms with Crippen LogP contribution in [0.3, 0.4) is 0 Å². The Morgan fingerprint density at radius 3 is 2.43 bits per heavy atom. The van der Waals surface area contributed by atoms with Crippen molar-refractivity contribution in [3.8, 4) is 5.69 Å². The Bertz CT molecular complexity index is 966. The number of amides is 1. The van der Waals surface area contributed by atoms with Crippen LogP contribution < -0.4 is 0 Å². The van der Waals surface area contributed by atoms with Crippen LogP contribution in [-0.4, -0.2) is 61.4 Å². The van der Waals surface area contributed by atoms with E-state index < -0.39 is 0 Å². The summed E-state index contributed by atoms with van der Waals surface area (Å²) in [6.07, 6.45) is 3.42. The summed E-state index contributed by atoms with van der Waals surface area (Å²) in [7, 11) is 1.83. The molecule has 7 nitrogen and oxygen atoms in total. The minimum absolute atomic E-state index is 0.0667. The molecule has 3 heterocycles. The molecule has 0 aliphatic carbocycles. The molecule has 1 amide bonds. The lowest BCUT2D eigenvalue weighted by Crippen LogP contribution is -2.48. The summed E-state index contributed by atoms with van der Waals surface area (Å²) in [4.78, 5) is 16.9. The maximum Gasteiger partial charge on any atom is 0.257 e. The molecule has 1 fully saturated rings. The van der Waals surface area contributed by atoms with Crippen molar-refractivity contribution in [1.82, 2.24) is 29.4 Å². The molecule has 0 spiro atoms. The topological polar surface area (TPSA) is 59.2 Å². The molecule has 1 aliphatic rings. The summed E-state index contributed by atoms with van der Waals surface area (Å²) in [5, 5.41) is 8.85. The Hall–Kier alpha value is -2.93. The van der Waals surface area contributed by atoms with Crippen LogP contribution in [0.2, 0.25) is 0 Å². The first kappa shape index (κ1) is 18.4. The van der Waals surface area contributed by atoms with Crippen molar-refractivity contribution in [2.45, 2.75) is 20.4 Å². The smallest absolute Gasteiger partial charge is 0.257 e. The van der Waals surface area contributed by atoms with Crippen LogP contribution in [0.5, 0.6) is 0 Å². The number of rotatable bonds is 4. The summed E-state index contributed by atoms with van der Waals surface area (Å²) in [6, 6.07) is 10.2. The second-order valence-electron chi connectivity index (χ2n) is 7.37. The first-order valence-corrected chi connectivity index (χ1v) is 9.63. The van der Waals surface area contributed by atoms with Gasteiger partial charge >= 0.3 is 0 Å². The van der Waals surface area contributed by atoms with E-state index in [-0.39, 0.29) is 5.91 Å². The van der Waals surface area contributed by atoms with Gasteiger partial charge in [0, 0.05) is 57.2 Å². The fraction of sp³-hybridized carbons (Fsp3) is 0.381. The Labute approximate surface area is 165 Å². The molecule has 7 heteroatoms. The summed E-state index contributed by atoms with van der Waals surface area (Å²) in [6.45, 7) is 8.26. The molecule has 0 atom stereocenters. The van der Waals surface area contributed by atoms with Gasteiger partial charge < -0.3 is 4.90 Å². The predicted octanol–water partition coefficient (Wildman–Crippen LogP) is 2.18. The van der Waals surface area contributed by atoms with Crippen LogP contribution in [0, 0.1) is 13.8 Å². The number of aromatic nitrogens is 4. The number of aryl methyl sites for hydroxylation is 2. The third-order valence-corrected chi connectivity index (χ3v) is 5.43. The largest absolute Gasteiger partial charge is 0.336 e. The Morgan fingerprint density at radius 2 is 1.79 bits per heavy atom. The van der Waals surface area contributed by atoms with E-state index in [0.29, 0.717) is 5.56 Å². The number of piperazine rings is 1. The molecule has 28 heavy (non-hydrogen) atoms. The van der Waals surface area contributed by atoms with Crippen molar-refractivity contribution in [2.24, 2.45) is 7.05 Å². The van der Waals surface area contributed by atoms with E-state index >= 15 is 0 Å². The molecule has 0 unspecified atom stereocenters. The number of carbonyl (C=O) groups excluding carboxylic acids is 1. The lowest BCUT2D eigenvalue weighted by atomic mass is 10.1. The van der Waals surface area contributed by atoms with Crippen molar-refractivity contribution >= 4 is 5.91 Å². The highest BCUT2D eigenvalue weighted by Crippen LogP contribution is 2.20. The number of hydrogen-bond donors (Lipinski definition) is 0. The Kier molecular flexibility index (Phi) is 5.00. The van der Waals surface area contributed by atoms with Gasteiger partial charge in [-0.15, -0.1) is 0 Å². The van der Waals surface area contributed by atoms with E-state index in [4.69, 9.17) is 5.10 Å². The summed E-state index contributed by atoms with van der Waals surface area (Å²) in [5.74, 6) is 0.0667. The van der Waals surface area contributed by atoms with Gasteiger partial charge in [0.25, 0.3) is 5.91 Å². The van der Waals surface area contributed by atoms with Crippen LogP contribution in [-0.2, 0) is 13.6 Å². The van der Waals surface area contributed by atoms with Crippen LogP contribution in [0.15, 0.2) is 42.7 Å². The molecule has 0 bridgehead atoms. The van der Waals surface area contributed by atoms with Crippen LogP contribution in [0.1, 0.15) is 27.3 Å². The number of nitrogens with zero attached hydrogens (tertiary/aromatic N) is 6. The molecule has 0 radical (unpaired) electrons. The maximum absolute atomic E-state index is 12.6. The highest BCUT2D eigenvalue weighted by molar-refractivity contribution is 5.93. The van der Waals surface area contributed by atoms with Gasteiger partial charge in [-0.2, -0.15) is 10.2 Å². The van der Waals surface area contributed by atoms with Crippen molar-refractivity contribution < 1.29 is 4.79 Å². The highest BCUT2D eigenvalue weighted by atomic mass is 16.2. The monoisotopic (exact) mass is 378 g/mol. The van der Waals surface area contributed by atoms with E-state index in [1.54, 1.807) is 17.1 Å². The molecule has 1 aromatic carbocycles. The lowest BCUT2D eigenvalue weighted by Gasteiger charge is -2.34. The van der Waals surface area contributed by atoms with Gasteiger partial charge in [0.15, 0.2) is 0 Å². The molecule has 0 saturated carbocycles. The number of hydrogen-bond acceptors (Lipinski definition) is 4. The van der Waals surface area contributed by atoms with Crippen molar-refractivity contribution in [1.29, 1.82) is 0 Å². The summed E-state index contributed by atoms with van der Waals surface area (Å²) < 4.78 is 3.69. The third kappa shape index (κ3) is 3.57. The van der Waals surface area contributed by atoms with Gasteiger partial charge in [0.1, 0.15) is 0 Å². The summed E-state index contributed by atoms with van der Waals surface area (Å²) >= 11 is 0. The average Bonchev–Trinajstić information content (AvgIpc) is 3.27. The summed E-state index contributed by atoms with van der Waals surface area (Å²) in [5.41, 5.74) is 5.26. The van der Waals surface area contributed by atoms with Crippen LogP contribution in [0.4, 0.5) is 0 Å². The third-order valence-electron chi connectivity index (χ3n) is 5.43. The Morgan fingerprint density at radius 1 is 1.07 bits per heavy atom. The van der Waals surface area contributed by atoms with Gasteiger partial charge in [0.2, 0.25) is 0 Å². The van der Waals surface area contributed by atoms with Gasteiger partial charge in [0.05, 0.1) is 23.1 Å². The van der Waals surface area contributed by atoms with Gasteiger partial charge in [-0.3, -0.25) is 14.4 Å². The molecule has 1 saturated heterocycles. The van der Waals surface area contributed by atoms with Crippen molar-refractivity contribution in [2.75, 3.05) is 26.2 Å². The molecular weight excluding hydrogens is 352 g/mol. The van der Waals surface area contributed by atoms with Crippen molar-refractivity contribution in [3.63, 3.8) is 0 Å². The lowest BCUT2D eigenvalue weighted by molar-refractivity contribution is 0.0628. The molecule has 4 rings (SSSR count). The van der Waals surface area contributed by atoms with Gasteiger partial charge in [-0.1, -0.05) is 18.2 Å². The fourth-order valence-corrected chi connectivity index (χ4v) is 3.77. The second-order valence-corrected chi connectivity index (χ2v) is 7.37. The molecule has 0 N–H and O–H groups in total. The van der Waals surface area contributed by atoms with Crippen LogP contribution in [0.25, 0.3) is 5.69 Å². The van der Waals surface area contributed by atoms with Gasteiger partial charge in [-0.25, -0.2) is 4.68 Å². The van der Waals surface area contributed by atoms with Crippen molar-refractivity contribution in [3.05, 3.63) is 65.2 Å². The van der Waals surface area contributed by atoms with E-state index in [0.717, 1.165) is 44.1 Å². The SMILES string of the molecule is Cc1nn(-c2ccccc2)c(C)c1CN1CCN(C(=O)c2cnn(C)c2)CC1. The van der Waals surface area contributed by atoms with E-state index in [1.165, 1.54) is 11.3 Å². The first-order chi connectivity index (χ1) is 13.5. The average molecular weight is 378 g/mol. The molecule has 146 valence electrons. The zero-order chi connectivity index (χ0) is 19.7. The minimum atomic E-state index is 0.0667. The molecule has 1 aliphatic heterocycles. The van der Waals surface area contributed by atoms with Gasteiger partial charge in [-0.05, 0) is 26.0 Å². The fourth-order valence-electron chi connectivity index (χ4n) is 3.77. The number of carbonyl (C=O) groups is 1. The molecule has 3 aromatic rings. The van der Waals surface area contributed by atoms with E-state index in [2.05, 4.69) is 36.0 Å². The minimum Gasteiger partial charge on any atom is -0.336 e. The van der Waals surface area contributed by atoms with E-state index in [9.17, 15) is 4.79 Å². The molecule has 2 aromatic heterocycles. The quantitative estimate of drug-likeness (QED) is 0.698. The standard InChI is InChI=1S/C21H26N6O/c1-16-20(17(2)27(23-16)19-7-5-4-6-8-19)15-25-9-11-26(12-10-25)21(28)18-13-22-24(3)14-18/h4-8,13-14H,9-12,15H2,1-3H3. The maximum atomic E-state index is 12.6. The normalized spacial score (nSPS) is 15.2. The van der Waals surface area contributed by atoms with Crippen LogP contribution >= 0.6 is 0 Å². The van der Waals surface area contributed by atoms with E-state index in [1.807, 2.05) is 34.8 Å². The second kappa shape index (κ2) is 7.59. The first-order valence-electron chi connectivity index (χ1n) is 9.63. The predicted molar refractivity (Wildman–Crippen MR) is 107 cm³/mol. The highest BCUT2D eigenvalue weighted by Gasteiger charge is 2.24. The number of para-hydroxylation sites is 1. The Balaban J connectivity index is 1.41.